The van der Waals surface area contributed by atoms with Crippen LogP contribution in [0.3, 0.4) is 0 Å². The van der Waals surface area contributed by atoms with Gasteiger partial charge in [-0.15, -0.1) is 0 Å². The van der Waals surface area contributed by atoms with Gasteiger partial charge in [0.15, 0.2) is 0 Å². The summed E-state index contributed by atoms with van der Waals surface area (Å²) in [4.78, 5) is 26.8. The van der Waals surface area contributed by atoms with Gasteiger partial charge in [0.05, 0.1) is 23.0 Å². The zero-order chi connectivity index (χ0) is 14.0. The van der Waals surface area contributed by atoms with Gasteiger partial charge in [-0.05, 0) is 25.3 Å². The van der Waals surface area contributed by atoms with E-state index in [2.05, 4.69) is 4.98 Å². The Balaban J connectivity index is 2.56. The number of H-pyrrole nitrogens is 1. The Morgan fingerprint density at radius 1 is 1.37 bits per heavy atom. The van der Waals surface area contributed by atoms with Gasteiger partial charge in [-0.25, -0.2) is 4.79 Å². The summed E-state index contributed by atoms with van der Waals surface area (Å²) in [6.07, 6.45) is 1.86. The summed E-state index contributed by atoms with van der Waals surface area (Å²) >= 11 is 1.47. The Morgan fingerprint density at radius 3 is 2.74 bits per heavy atom. The van der Waals surface area contributed by atoms with Crippen LogP contribution in [0, 0.1) is 0 Å². The maximum absolute atomic E-state index is 12.3. The molecule has 2 aromatic rings. The second-order valence-electron chi connectivity index (χ2n) is 4.80. The maximum atomic E-state index is 12.3. The van der Waals surface area contributed by atoms with Crippen LogP contribution in [0.15, 0.2) is 33.9 Å². The van der Waals surface area contributed by atoms with Gasteiger partial charge in [-0.2, -0.15) is 11.8 Å². The first-order valence-electron chi connectivity index (χ1n) is 5.88. The average Bonchev–Trinajstić information content (AvgIpc) is 2.34. The van der Waals surface area contributed by atoms with Crippen molar-refractivity contribution in [3.8, 4) is 0 Å². The van der Waals surface area contributed by atoms with E-state index in [0.29, 0.717) is 16.7 Å². The number of aliphatic hydroxyl groups is 1. The van der Waals surface area contributed by atoms with Gasteiger partial charge < -0.3 is 10.1 Å². The lowest BCUT2D eigenvalue weighted by Crippen LogP contribution is -2.44. The zero-order valence-corrected chi connectivity index (χ0v) is 11.7. The van der Waals surface area contributed by atoms with Crippen molar-refractivity contribution >= 4 is 22.7 Å². The molecule has 0 saturated heterocycles. The highest BCUT2D eigenvalue weighted by Gasteiger charge is 2.22. The Bertz CT molecular complexity index is 703. The van der Waals surface area contributed by atoms with Crippen molar-refractivity contribution in [3.63, 3.8) is 0 Å². The number of nitrogens with one attached hydrogen (secondary N) is 1. The summed E-state index contributed by atoms with van der Waals surface area (Å²) in [6, 6.07) is 6.84. The molecule has 1 aromatic heterocycles. The van der Waals surface area contributed by atoms with Crippen LogP contribution in [-0.4, -0.2) is 32.3 Å². The van der Waals surface area contributed by atoms with Crippen LogP contribution in [0.2, 0.25) is 0 Å². The largest absolute Gasteiger partial charge is 0.387 e. The third-order valence-corrected chi connectivity index (χ3v) is 3.75. The van der Waals surface area contributed by atoms with Crippen LogP contribution in [0.5, 0.6) is 0 Å². The smallest absolute Gasteiger partial charge is 0.328 e. The normalized spacial score (nSPS) is 14.5. The highest BCUT2D eigenvalue weighted by molar-refractivity contribution is 7.98. The molecule has 0 unspecified atom stereocenters. The number of nitrogens with zero attached hydrogens (tertiary/aromatic N) is 1. The van der Waals surface area contributed by atoms with Crippen molar-refractivity contribution in [1.82, 2.24) is 9.55 Å². The van der Waals surface area contributed by atoms with E-state index >= 15 is 0 Å². The van der Waals surface area contributed by atoms with Gasteiger partial charge in [0.2, 0.25) is 0 Å². The molecule has 0 aliphatic carbocycles. The molecule has 1 heterocycles. The van der Waals surface area contributed by atoms with E-state index < -0.39 is 11.3 Å². The summed E-state index contributed by atoms with van der Waals surface area (Å²) in [5.41, 5.74) is -1.46. The van der Waals surface area contributed by atoms with E-state index in [1.807, 2.05) is 6.26 Å². The molecule has 0 amide bonds. The van der Waals surface area contributed by atoms with E-state index in [1.165, 1.54) is 11.8 Å². The van der Waals surface area contributed by atoms with Crippen molar-refractivity contribution in [2.24, 2.45) is 0 Å². The van der Waals surface area contributed by atoms with Gasteiger partial charge in [0.1, 0.15) is 0 Å². The molecule has 2 N–H and O–H groups in total. The fourth-order valence-corrected chi connectivity index (χ4v) is 2.75. The number of fused-ring (bicyclic) bond motifs is 1. The van der Waals surface area contributed by atoms with Crippen molar-refractivity contribution < 1.29 is 5.11 Å². The molecule has 2 rings (SSSR count). The van der Waals surface area contributed by atoms with E-state index in [9.17, 15) is 14.7 Å². The molecule has 0 saturated carbocycles. The Hall–Kier alpha value is -1.53. The predicted octanol–water partition coefficient (Wildman–Crippen LogP) is 0.804. The summed E-state index contributed by atoms with van der Waals surface area (Å²) in [5, 5.41) is 10.6. The van der Waals surface area contributed by atoms with Crippen LogP contribution in [0.4, 0.5) is 0 Å². The van der Waals surface area contributed by atoms with E-state index in [1.54, 1.807) is 31.2 Å². The number of hydrogen-bond acceptors (Lipinski definition) is 4. The molecule has 0 aliphatic rings. The zero-order valence-electron chi connectivity index (χ0n) is 10.8. The van der Waals surface area contributed by atoms with E-state index in [-0.39, 0.29) is 12.1 Å². The Labute approximate surface area is 114 Å². The number of aromatic nitrogens is 2. The van der Waals surface area contributed by atoms with Crippen molar-refractivity contribution in [3.05, 3.63) is 45.1 Å². The van der Waals surface area contributed by atoms with Gasteiger partial charge in [0.25, 0.3) is 5.56 Å². The third-order valence-electron chi connectivity index (χ3n) is 2.84. The topological polar surface area (TPSA) is 75.1 Å². The number of aromatic amines is 1. The standard InChI is InChI=1S/C13H16N2O3S/c1-13(18,8-19-2)7-15-11(16)9-5-3-4-6-10(9)14-12(15)17/h3-6,18H,7-8H2,1-2H3,(H,14,17)/t13-/m0/s1. The molecule has 1 aromatic carbocycles. The molecule has 1 atom stereocenters. The van der Waals surface area contributed by atoms with Crippen LogP contribution in [0.25, 0.3) is 10.9 Å². The van der Waals surface area contributed by atoms with Crippen LogP contribution >= 0.6 is 11.8 Å². The number of thioether (sulfide) groups is 1. The average molecular weight is 280 g/mol. The molecule has 0 spiro atoms. The monoisotopic (exact) mass is 280 g/mol. The predicted molar refractivity (Wildman–Crippen MR) is 77.8 cm³/mol. The third kappa shape index (κ3) is 2.90. The van der Waals surface area contributed by atoms with Gasteiger partial charge >= 0.3 is 5.69 Å². The first-order valence-corrected chi connectivity index (χ1v) is 7.27. The lowest BCUT2D eigenvalue weighted by Gasteiger charge is -2.22. The van der Waals surface area contributed by atoms with Gasteiger partial charge in [-0.3, -0.25) is 9.36 Å². The second-order valence-corrected chi connectivity index (χ2v) is 5.66. The Morgan fingerprint density at radius 2 is 2.05 bits per heavy atom. The van der Waals surface area contributed by atoms with E-state index in [0.717, 1.165) is 4.57 Å². The lowest BCUT2D eigenvalue weighted by atomic mass is 10.1. The number of para-hydroxylation sites is 1. The molecular formula is C13H16N2O3S. The molecule has 0 fully saturated rings. The molecule has 102 valence electrons. The fourth-order valence-electron chi connectivity index (χ4n) is 2.04. The Kier molecular flexibility index (Phi) is 3.82. The number of rotatable bonds is 4. The quantitative estimate of drug-likeness (QED) is 0.869. The minimum atomic E-state index is -1.10. The van der Waals surface area contributed by atoms with Gasteiger partial charge in [0, 0.05) is 5.75 Å². The van der Waals surface area contributed by atoms with Crippen LogP contribution in [0.1, 0.15) is 6.92 Å². The minimum absolute atomic E-state index is 0.0210. The summed E-state index contributed by atoms with van der Waals surface area (Å²) in [5.74, 6) is 0.450. The summed E-state index contributed by atoms with van der Waals surface area (Å²) < 4.78 is 1.05. The van der Waals surface area contributed by atoms with Gasteiger partial charge in [-0.1, -0.05) is 12.1 Å². The molecular weight excluding hydrogens is 264 g/mol. The minimum Gasteiger partial charge on any atom is -0.387 e. The fraction of sp³-hybridized carbons (Fsp3) is 0.385. The molecule has 6 heteroatoms. The molecule has 0 aliphatic heterocycles. The van der Waals surface area contributed by atoms with Crippen molar-refractivity contribution in [2.45, 2.75) is 19.1 Å². The lowest BCUT2D eigenvalue weighted by molar-refractivity contribution is 0.0643. The van der Waals surface area contributed by atoms with E-state index in [4.69, 9.17) is 0 Å². The first-order chi connectivity index (χ1) is 8.94. The van der Waals surface area contributed by atoms with Crippen molar-refractivity contribution in [2.75, 3.05) is 12.0 Å². The van der Waals surface area contributed by atoms with Crippen molar-refractivity contribution in [1.29, 1.82) is 0 Å². The highest BCUT2D eigenvalue weighted by Crippen LogP contribution is 2.12. The summed E-state index contributed by atoms with van der Waals surface area (Å²) in [7, 11) is 0. The molecule has 19 heavy (non-hydrogen) atoms. The molecule has 0 bridgehead atoms. The molecule has 5 nitrogen and oxygen atoms in total. The SMILES string of the molecule is CSC[C@@](C)(O)Cn1c(=O)[nH]c2ccccc2c1=O. The second kappa shape index (κ2) is 5.22. The maximum Gasteiger partial charge on any atom is 0.328 e. The number of benzene rings is 1. The highest BCUT2D eigenvalue weighted by atomic mass is 32.2. The first kappa shape index (κ1) is 13.9. The van der Waals surface area contributed by atoms with Crippen LogP contribution in [-0.2, 0) is 6.54 Å². The number of hydrogen-bond donors (Lipinski definition) is 2. The molecule has 0 radical (unpaired) electrons. The van der Waals surface area contributed by atoms with Crippen LogP contribution < -0.4 is 11.2 Å². The summed E-state index contributed by atoms with van der Waals surface area (Å²) in [6.45, 7) is 1.59.